The van der Waals surface area contributed by atoms with Gasteiger partial charge in [-0.05, 0) is 12.5 Å². The van der Waals surface area contributed by atoms with E-state index in [0.717, 1.165) is 16.8 Å². The zero-order chi connectivity index (χ0) is 11.4. The van der Waals surface area contributed by atoms with Gasteiger partial charge in [-0.15, -0.1) is 0 Å². The van der Waals surface area contributed by atoms with E-state index in [9.17, 15) is 5.11 Å². The summed E-state index contributed by atoms with van der Waals surface area (Å²) in [5, 5.41) is 13.0. The van der Waals surface area contributed by atoms with Crippen molar-refractivity contribution >= 4 is 0 Å². The maximum Gasteiger partial charge on any atom is 0.122 e. The highest BCUT2D eigenvalue weighted by atomic mass is 16.3. The molecule has 0 aliphatic rings. The number of aryl methyl sites for hydroxylation is 1. The van der Waals surface area contributed by atoms with Crippen LogP contribution in [-0.2, 0) is 13.1 Å². The molecular formula is C12H15N3O. The number of hydrogen-bond donors (Lipinski definition) is 3. The Balaban J connectivity index is 1.92. The molecule has 84 valence electrons. The number of hydrogen-bond acceptors (Lipinski definition) is 3. The first kappa shape index (κ1) is 10.7. The summed E-state index contributed by atoms with van der Waals surface area (Å²) in [6.07, 6.45) is 3.43. The fourth-order valence-corrected chi connectivity index (χ4v) is 1.58. The SMILES string of the molecule is Cc1cccc(CNCc2cnc[nH]2)c1O. The highest BCUT2D eigenvalue weighted by Crippen LogP contribution is 2.20. The Morgan fingerprint density at radius 1 is 1.38 bits per heavy atom. The predicted octanol–water partition coefficient (Wildman–Crippen LogP) is 1.71. The van der Waals surface area contributed by atoms with E-state index in [4.69, 9.17) is 0 Å². The van der Waals surface area contributed by atoms with Crippen molar-refractivity contribution in [3.63, 3.8) is 0 Å². The van der Waals surface area contributed by atoms with E-state index < -0.39 is 0 Å². The Labute approximate surface area is 94.4 Å². The summed E-state index contributed by atoms with van der Waals surface area (Å²) in [6.45, 7) is 3.26. The highest BCUT2D eigenvalue weighted by molar-refractivity contribution is 5.39. The molecule has 0 saturated heterocycles. The predicted molar refractivity (Wildman–Crippen MR) is 62.0 cm³/mol. The number of aromatic amines is 1. The molecule has 4 heteroatoms. The summed E-state index contributed by atoms with van der Waals surface area (Å²) in [6, 6.07) is 5.76. The average Bonchev–Trinajstić information content (AvgIpc) is 2.77. The second-order valence-corrected chi connectivity index (χ2v) is 3.76. The molecule has 0 radical (unpaired) electrons. The Morgan fingerprint density at radius 3 is 3.00 bits per heavy atom. The minimum absolute atomic E-state index is 0.375. The molecule has 1 heterocycles. The molecule has 2 aromatic rings. The van der Waals surface area contributed by atoms with E-state index in [0.29, 0.717) is 18.8 Å². The first-order chi connectivity index (χ1) is 7.77. The number of aromatic hydroxyl groups is 1. The van der Waals surface area contributed by atoms with Crippen LogP contribution in [0.3, 0.4) is 0 Å². The summed E-state index contributed by atoms with van der Waals surface area (Å²) in [5.41, 5.74) is 2.85. The van der Waals surface area contributed by atoms with E-state index in [-0.39, 0.29) is 0 Å². The molecule has 3 N–H and O–H groups in total. The zero-order valence-corrected chi connectivity index (χ0v) is 9.20. The number of rotatable bonds is 4. The van der Waals surface area contributed by atoms with E-state index in [2.05, 4.69) is 15.3 Å². The maximum absolute atomic E-state index is 9.79. The molecule has 0 atom stereocenters. The first-order valence-electron chi connectivity index (χ1n) is 5.23. The second-order valence-electron chi connectivity index (χ2n) is 3.76. The molecule has 0 bridgehead atoms. The van der Waals surface area contributed by atoms with Crippen LogP contribution in [0.15, 0.2) is 30.7 Å². The monoisotopic (exact) mass is 217 g/mol. The van der Waals surface area contributed by atoms with E-state index in [1.54, 1.807) is 12.5 Å². The standard InChI is InChI=1S/C12H15N3O/c1-9-3-2-4-10(12(9)16)5-13-6-11-7-14-8-15-11/h2-4,7-8,13,16H,5-6H2,1H3,(H,14,15). The lowest BCUT2D eigenvalue weighted by molar-refractivity contribution is 0.460. The van der Waals surface area contributed by atoms with Crippen molar-refractivity contribution in [3.8, 4) is 5.75 Å². The van der Waals surface area contributed by atoms with Gasteiger partial charge in [0.05, 0.1) is 6.33 Å². The molecular weight excluding hydrogens is 202 g/mol. The van der Waals surface area contributed by atoms with Gasteiger partial charge >= 0.3 is 0 Å². The van der Waals surface area contributed by atoms with Crippen molar-refractivity contribution in [2.75, 3.05) is 0 Å². The van der Waals surface area contributed by atoms with Gasteiger partial charge in [0.15, 0.2) is 0 Å². The van der Waals surface area contributed by atoms with E-state index >= 15 is 0 Å². The summed E-state index contributed by atoms with van der Waals surface area (Å²) in [5.74, 6) is 0.375. The van der Waals surface area contributed by atoms with Crippen LogP contribution in [0, 0.1) is 6.92 Å². The summed E-state index contributed by atoms with van der Waals surface area (Å²) in [4.78, 5) is 6.95. The van der Waals surface area contributed by atoms with Crippen LogP contribution >= 0.6 is 0 Å². The largest absolute Gasteiger partial charge is 0.507 e. The molecule has 0 spiro atoms. The Hall–Kier alpha value is -1.81. The van der Waals surface area contributed by atoms with Gasteiger partial charge in [0.25, 0.3) is 0 Å². The molecule has 0 aliphatic carbocycles. The maximum atomic E-state index is 9.79. The van der Waals surface area contributed by atoms with Gasteiger partial charge in [-0.25, -0.2) is 4.98 Å². The van der Waals surface area contributed by atoms with Gasteiger partial charge < -0.3 is 15.4 Å². The normalized spacial score (nSPS) is 10.6. The molecule has 1 aromatic heterocycles. The number of phenols is 1. The van der Waals surface area contributed by atoms with Gasteiger partial charge in [-0.1, -0.05) is 18.2 Å². The minimum atomic E-state index is 0.375. The van der Waals surface area contributed by atoms with E-state index in [1.807, 2.05) is 25.1 Å². The third-order valence-electron chi connectivity index (χ3n) is 2.51. The number of phenolic OH excluding ortho intramolecular Hbond substituents is 1. The molecule has 0 saturated carbocycles. The van der Waals surface area contributed by atoms with Gasteiger partial charge in [0.2, 0.25) is 0 Å². The van der Waals surface area contributed by atoms with Crippen LogP contribution in [-0.4, -0.2) is 15.1 Å². The van der Waals surface area contributed by atoms with Crippen LogP contribution in [0.5, 0.6) is 5.75 Å². The fourth-order valence-electron chi connectivity index (χ4n) is 1.58. The fraction of sp³-hybridized carbons (Fsp3) is 0.250. The third-order valence-corrected chi connectivity index (χ3v) is 2.51. The minimum Gasteiger partial charge on any atom is -0.507 e. The number of aromatic nitrogens is 2. The molecule has 2 rings (SSSR count). The van der Waals surface area contributed by atoms with E-state index in [1.165, 1.54) is 0 Å². The van der Waals surface area contributed by atoms with Crippen molar-refractivity contribution in [2.24, 2.45) is 0 Å². The Kier molecular flexibility index (Phi) is 3.22. The lowest BCUT2D eigenvalue weighted by Crippen LogP contribution is -2.13. The van der Waals surface area contributed by atoms with Crippen molar-refractivity contribution in [1.82, 2.24) is 15.3 Å². The first-order valence-corrected chi connectivity index (χ1v) is 5.23. The second kappa shape index (κ2) is 4.81. The Bertz CT molecular complexity index is 451. The molecule has 0 amide bonds. The number of nitrogens with zero attached hydrogens (tertiary/aromatic N) is 1. The lowest BCUT2D eigenvalue weighted by Gasteiger charge is -2.07. The van der Waals surface area contributed by atoms with Gasteiger partial charge in [0, 0.05) is 30.5 Å². The molecule has 0 unspecified atom stereocenters. The molecule has 16 heavy (non-hydrogen) atoms. The number of imidazole rings is 1. The van der Waals surface area contributed by atoms with Crippen LogP contribution in [0.2, 0.25) is 0 Å². The smallest absolute Gasteiger partial charge is 0.122 e. The number of H-pyrrole nitrogens is 1. The van der Waals surface area contributed by atoms with Crippen molar-refractivity contribution < 1.29 is 5.11 Å². The molecule has 0 aliphatic heterocycles. The van der Waals surface area contributed by atoms with Gasteiger partial charge in [-0.2, -0.15) is 0 Å². The topological polar surface area (TPSA) is 60.9 Å². The van der Waals surface area contributed by atoms with Crippen LogP contribution < -0.4 is 5.32 Å². The summed E-state index contributed by atoms with van der Waals surface area (Å²) in [7, 11) is 0. The molecule has 1 aromatic carbocycles. The summed E-state index contributed by atoms with van der Waals surface area (Å²) >= 11 is 0. The average molecular weight is 217 g/mol. The highest BCUT2D eigenvalue weighted by Gasteiger charge is 2.02. The lowest BCUT2D eigenvalue weighted by atomic mass is 10.1. The molecule has 0 fully saturated rings. The van der Waals surface area contributed by atoms with Crippen molar-refractivity contribution in [1.29, 1.82) is 0 Å². The quantitative estimate of drug-likeness (QED) is 0.730. The van der Waals surface area contributed by atoms with Gasteiger partial charge in [-0.3, -0.25) is 0 Å². The van der Waals surface area contributed by atoms with Crippen LogP contribution in [0.25, 0.3) is 0 Å². The van der Waals surface area contributed by atoms with Crippen LogP contribution in [0.1, 0.15) is 16.8 Å². The molecule has 4 nitrogen and oxygen atoms in total. The van der Waals surface area contributed by atoms with Crippen molar-refractivity contribution in [3.05, 3.63) is 47.5 Å². The number of para-hydroxylation sites is 1. The van der Waals surface area contributed by atoms with Gasteiger partial charge in [0.1, 0.15) is 5.75 Å². The van der Waals surface area contributed by atoms with Crippen molar-refractivity contribution in [2.45, 2.75) is 20.0 Å². The van der Waals surface area contributed by atoms with Crippen LogP contribution in [0.4, 0.5) is 0 Å². The number of nitrogens with one attached hydrogen (secondary N) is 2. The third kappa shape index (κ3) is 2.41. The zero-order valence-electron chi connectivity index (χ0n) is 9.20. The Morgan fingerprint density at radius 2 is 2.25 bits per heavy atom. The summed E-state index contributed by atoms with van der Waals surface area (Å²) < 4.78 is 0. The number of benzene rings is 1.